The van der Waals surface area contributed by atoms with E-state index in [1.165, 1.54) is 7.11 Å². The van der Waals surface area contributed by atoms with E-state index in [4.69, 9.17) is 32.7 Å². The first-order valence-corrected chi connectivity index (χ1v) is 7.95. The van der Waals surface area contributed by atoms with Crippen molar-refractivity contribution in [3.8, 4) is 5.75 Å². The van der Waals surface area contributed by atoms with Gasteiger partial charge in [-0.3, -0.25) is 4.79 Å². The average Bonchev–Trinajstić information content (AvgIpc) is 2.84. The quantitative estimate of drug-likeness (QED) is 0.627. The highest BCUT2D eigenvalue weighted by Gasteiger charge is 2.26. The molecule has 0 aliphatic rings. The summed E-state index contributed by atoms with van der Waals surface area (Å²) in [7, 11) is 1.29. The molecule has 128 valence electrons. The van der Waals surface area contributed by atoms with Gasteiger partial charge in [0.1, 0.15) is 5.75 Å². The summed E-state index contributed by atoms with van der Waals surface area (Å²) in [6, 6.07) is 4.76. The van der Waals surface area contributed by atoms with Crippen LogP contribution in [0.25, 0.3) is 0 Å². The molecule has 1 atom stereocenters. The standard InChI is InChI=1S/C17H17Cl2NO4/c1-8-14(17(22)23-4)9(2)20-15(8)16(21)10(3)24-13-7-11(18)5-6-12(13)19/h5-7,10,20H,1-4H3/t10-/m1/s1. The van der Waals surface area contributed by atoms with E-state index < -0.39 is 12.1 Å². The van der Waals surface area contributed by atoms with E-state index in [0.717, 1.165) is 0 Å². The summed E-state index contributed by atoms with van der Waals surface area (Å²) >= 11 is 12.0. The first kappa shape index (κ1) is 18.4. The molecule has 0 saturated carbocycles. The van der Waals surface area contributed by atoms with Gasteiger partial charge in [0.2, 0.25) is 5.78 Å². The first-order valence-electron chi connectivity index (χ1n) is 7.19. The summed E-state index contributed by atoms with van der Waals surface area (Å²) in [5.74, 6) is -0.479. The summed E-state index contributed by atoms with van der Waals surface area (Å²) in [6.07, 6.45) is -0.816. The number of hydrogen-bond donors (Lipinski definition) is 1. The van der Waals surface area contributed by atoms with E-state index in [-0.39, 0.29) is 5.78 Å². The maximum absolute atomic E-state index is 12.7. The fourth-order valence-electron chi connectivity index (χ4n) is 2.42. The van der Waals surface area contributed by atoms with E-state index in [0.29, 0.717) is 38.3 Å². The number of aryl methyl sites for hydroxylation is 1. The lowest BCUT2D eigenvalue weighted by atomic mass is 10.1. The monoisotopic (exact) mass is 369 g/mol. The van der Waals surface area contributed by atoms with Crippen LogP contribution in [0.15, 0.2) is 18.2 Å². The summed E-state index contributed by atoms with van der Waals surface area (Å²) in [5.41, 5.74) is 1.75. The van der Waals surface area contributed by atoms with E-state index in [2.05, 4.69) is 4.98 Å². The van der Waals surface area contributed by atoms with Crippen molar-refractivity contribution in [3.05, 3.63) is 50.8 Å². The Hall–Kier alpha value is -1.98. The van der Waals surface area contributed by atoms with Gasteiger partial charge < -0.3 is 14.5 Å². The van der Waals surface area contributed by atoms with E-state index >= 15 is 0 Å². The number of nitrogens with one attached hydrogen (secondary N) is 1. The molecule has 2 aromatic rings. The SMILES string of the molecule is COC(=O)c1c(C)[nH]c(C(=O)[C@@H](C)Oc2cc(Cl)ccc2Cl)c1C. The Morgan fingerprint density at radius 2 is 1.88 bits per heavy atom. The van der Waals surface area contributed by atoms with Crippen LogP contribution in [0, 0.1) is 13.8 Å². The number of carbonyl (C=O) groups excluding carboxylic acids is 2. The van der Waals surface area contributed by atoms with E-state index in [1.807, 2.05) is 0 Å². The number of Topliss-reactive ketones (excluding diaryl/α,β-unsaturated/α-hetero) is 1. The Morgan fingerprint density at radius 1 is 1.21 bits per heavy atom. The second-order valence-electron chi connectivity index (χ2n) is 5.32. The topological polar surface area (TPSA) is 68.4 Å². The van der Waals surface area contributed by atoms with Gasteiger partial charge in [-0.2, -0.15) is 0 Å². The van der Waals surface area contributed by atoms with E-state index in [9.17, 15) is 9.59 Å². The van der Waals surface area contributed by atoms with Crippen LogP contribution in [0.5, 0.6) is 5.75 Å². The van der Waals surface area contributed by atoms with Crippen molar-refractivity contribution in [2.24, 2.45) is 0 Å². The molecule has 0 saturated heterocycles. The Bertz CT molecular complexity index is 798. The fourth-order valence-corrected chi connectivity index (χ4v) is 2.74. The molecule has 0 fully saturated rings. The molecule has 24 heavy (non-hydrogen) atoms. The number of methoxy groups -OCH3 is 1. The number of carbonyl (C=O) groups is 2. The van der Waals surface area contributed by atoms with Gasteiger partial charge >= 0.3 is 5.97 Å². The molecule has 1 N–H and O–H groups in total. The lowest BCUT2D eigenvalue weighted by Crippen LogP contribution is -2.25. The zero-order valence-corrected chi connectivity index (χ0v) is 15.2. The van der Waals surface area contributed by atoms with Crippen LogP contribution in [0.2, 0.25) is 10.0 Å². The van der Waals surface area contributed by atoms with Gasteiger partial charge in [-0.15, -0.1) is 0 Å². The highest BCUT2D eigenvalue weighted by atomic mass is 35.5. The number of esters is 1. The molecule has 7 heteroatoms. The highest BCUT2D eigenvalue weighted by Crippen LogP contribution is 2.29. The third-order valence-corrected chi connectivity index (χ3v) is 4.19. The Kier molecular flexibility index (Phi) is 5.57. The molecule has 0 unspecified atom stereocenters. The minimum atomic E-state index is -0.816. The Morgan fingerprint density at radius 3 is 2.50 bits per heavy atom. The van der Waals surface area contributed by atoms with Crippen LogP contribution in [0.3, 0.4) is 0 Å². The second kappa shape index (κ2) is 7.28. The van der Waals surface area contributed by atoms with Crippen LogP contribution in [0.4, 0.5) is 0 Å². The Labute approximate surface area is 149 Å². The third kappa shape index (κ3) is 3.57. The zero-order valence-electron chi connectivity index (χ0n) is 13.7. The van der Waals surface area contributed by atoms with Crippen LogP contribution < -0.4 is 4.74 Å². The first-order chi connectivity index (χ1) is 11.3. The number of aromatic nitrogens is 1. The van der Waals surface area contributed by atoms with Gasteiger partial charge in [-0.1, -0.05) is 23.2 Å². The van der Waals surface area contributed by atoms with Gasteiger partial charge in [0.25, 0.3) is 0 Å². The predicted molar refractivity (Wildman–Crippen MR) is 92.5 cm³/mol. The summed E-state index contributed by atoms with van der Waals surface area (Å²) < 4.78 is 10.4. The van der Waals surface area contributed by atoms with Crippen molar-refractivity contribution in [3.63, 3.8) is 0 Å². The van der Waals surface area contributed by atoms with Crippen molar-refractivity contribution in [2.75, 3.05) is 7.11 Å². The molecule has 0 aliphatic carbocycles. The zero-order chi connectivity index (χ0) is 18.0. The largest absolute Gasteiger partial charge is 0.481 e. The van der Waals surface area contributed by atoms with Gasteiger partial charge in [0, 0.05) is 16.8 Å². The Balaban J connectivity index is 2.28. The molecule has 1 heterocycles. The van der Waals surface area contributed by atoms with Crippen molar-refractivity contribution in [1.29, 1.82) is 0 Å². The molecule has 0 radical (unpaired) electrons. The molecule has 5 nitrogen and oxygen atoms in total. The van der Waals surface area contributed by atoms with Crippen LogP contribution in [-0.4, -0.2) is 30.0 Å². The maximum Gasteiger partial charge on any atom is 0.339 e. The smallest absolute Gasteiger partial charge is 0.339 e. The molecule has 0 spiro atoms. The molecule has 1 aromatic heterocycles. The molecule has 2 rings (SSSR count). The number of ketones is 1. The van der Waals surface area contributed by atoms with Crippen molar-refractivity contribution >= 4 is 35.0 Å². The normalized spacial score (nSPS) is 11.9. The molecule has 0 bridgehead atoms. The summed E-state index contributed by atoms with van der Waals surface area (Å²) in [5, 5.41) is 0.808. The summed E-state index contributed by atoms with van der Waals surface area (Å²) in [4.78, 5) is 27.4. The lowest BCUT2D eigenvalue weighted by Gasteiger charge is -2.15. The molecular formula is C17H17Cl2NO4. The number of benzene rings is 1. The second-order valence-corrected chi connectivity index (χ2v) is 6.16. The summed E-state index contributed by atoms with van der Waals surface area (Å²) in [6.45, 7) is 4.99. The molecule has 0 amide bonds. The number of aromatic amines is 1. The number of ether oxygens (including phenoxy) is 2. The fraction of sp³-hybridized carbons (Fsp3) is 0.294. The minimum Gasteiger partial charge on any atom is -0.481 e. The maximum atomic E-state index is 12.7. The predicted octanol–water partition coefficient (Wildman–Crippen LogP) is 4.38. The van der Waals surface area contributed by atoms with Gasteiger partial charge in [-0.25, -0.2) is 4.79 Å². The third-order valence-electron chi connectivity index (χ3n) is 3.64. The van der Waals surface area contributed by atoms with Crippen LogP contribution >= 0.6 is 23.2 Å². The highest BCUT2D eigenvalue weighted by molar-refractivity contribution is 6.34. The average molecular weight is 370 g/mol. The van der Waals surface area contributed by atoms with Gasteiger partial charge in [-0.05, 0) is 38.5 Å². The van der Waals surface area contributed by atoms with Crippen molar-refractivity contribution in [1.82, 2.24) is 4.98 Å². The van der Waals surface area contributed by atoms with Crippen molar-refractivity contribution in [2.45, 2.75) is 26.9 Å². The van der Waals surface area contributed by atoms with Crippen LogP contribution in [0.1, 0.15) is 39.0 Å². The number of rotatable bonds is 5. The molecular weight excluding hydrogens is 353 g/mol. The lowest BCUT2D eigenvalue weighted by molar-refractivity contribution is 0.0599. The van der Waals surface area contributed by atoms with Gasteiger partial charge in [0.05, 0.1) is 23.4 Å². The number of hydrogen-bond acceptors (Lipinski definition) is 4. The molecule has 1 aromatic carbocycles. The minimum absolute atomic E-state index is 0.304. The number of halogens is 2. The molecule has 0 aliphatic heterocycles. The van der Waals surface area contributed by atoms with Gasteiger partial charge in [0.15, 0.2) is 6.10 Å². The van der Waals surface area contributed by atoms with Crippen LogP contribution in [-0.2, 0) is 4.74 Å². The van der Waals surface area contributed by atoms with Crippen molar-refractivity contribution < 1.29 is 19.1 Å². The van der Waals surface area contributed by atoms with E-state index in [1.54, 1.807) is 39.0 Å². The number of H-pyrrole nitrogens is 1.